The van der Waals surface area contributed by atoms with Crippen LogP contribution in [0.2, 0.25) is 5.02 Å². The lowest BCUT2D eigenvalue weighted by molar-refractivity contribution is 0.687. The van der Waals surface area contributed by atoms with Crippen molar-refractivity contribution in [3.8, 4) is 0 Å². The van der Waals surface area contributed by atoms with Crippen molar-refractivity contribution in [2.75, 3.05) is 0 Å². The molecule has 0 amide bonds. The summed E-state index contributed by atoms with van der Waals surface area (Å²) in [6.07, 6.45) is 1.65. The minimum absolute atomic E-state index is 0.616. The minimum Gasteiger partial charge on any atom is -0.256 e. The van der Waals surface area contributed by atoms with Gasteiger partial charge in [-0.15, -0.1) is 0 Å². The molecule has 16 heavy (non-hydrogen) atoms. The number of fused-ring (bicyclic) bond motifs is 1. The average molecular weight is 252 g/mol. The highest BCUT2D eigenvalue weighted by Gasteiger charge is 2.07. The van der Waals surface area contributed by atoms with E-state index in [1.165, 1.54) is 0 Å². The number of benzene rings is 1. The standard InChI is InChI=1S/C12H10ClNOS/c1-8(2)16(15)9-3-4-12-10(7-9)11(13)5-6-14-12/h3-7H,1H2,2H3. The molecule has 1 aromatic carbocycles. The van der Waals surface area contributed by atoms with Crippen molar-refractivity contribution < 1.29 is 4.21 Å². The number of rotatable bonds is 2. The van der Waals surface area contributed by atoms with E-state index in [0.717, 1.165) is 10.9 Å². The number of aromatic nitrogens is 1. The molecule has 0 saturated heterocycles. The zero-order chi connectivity index (χ0) is 11.7. The first-order valence-electron chi connectivity index (χ1n) is 4.71. The highest BCUT2D eigenvalue weighted by Crippen LogP contribution is 2.24. The third-order valence-electron chi connectivity index (χ3n) is 2.19. The van der Waals surface area contributed by atoms with Crippen LogP contribution >= 0.6 is 11.6 Å². The molecule has 1 heterocycles. The summed E-state index contributed by atoms with van der Waals surface area (Å²) in [6.45, 7) is 5.43. The molecule has 2 aromatic rings. The molecule has 0 aliphatic rings. The smallest absolute Gasteiger partial charge is 0.0799 e. The second kappa shape index (κ2) is 4.36. The van der Waals surface area contributed by atoms with Crippen LogP contribution in [0.15, 0.2) is 46.8 Å². The van der Waals surface area contributed by atoms with E-state index in [0.29, 0.717) is 14.8 Å². The number of hydrogen-bond donors (Lipinski definition) is 0. The Morgan fingerprint density at radius 3 is 2.88 bits per heavy atom. The van der Waals surface area contributed by atoms with Gasteiger partial charge < -0.3 is 0 Å². The fraction of sp³-hybridized carbons (Fsp3) is 0.0833. The van der Waals surface area contributed by atoms with Gasteiger partial charge in [0.2, 0.25) is 0 Å². The zero-order valence-corrected chi connectivity index (χ0v) is 10.3. The fourth-order valence-corrected chi connectivity index (χ4v) is 2.43. The third-order valence-corrected chi connectivity index (χ3v) is 3.84. The second-order valence-electron chi connectivity index (χ2n) is 3.44. The van der Waals surface area contributed by atoms with Gasteiger partial charge in [0, 0.05) is 21.4 Å². The molecule has 1 aromatic heterocycles. The molecular weight excluding hydrogens is 242 g/mol. The van der Waals surface area contributed by atoms with Crippen molar-refractivity contribution in [1.29, 1.82) is 0 Å². The third kappa shape index (κ3) is 2.01. The lowest BCUT2D eigenvalue weighted by atomic mass is 10.2. The summed E-state index contributed by atoms with van der Waals surface area (Å²) in [5, 5.41) is 1.43. The fourth-order valence-electron chi connectivity index (χ4n) is 1.41. The lowest BCUT2D eigenvalue weighted by Gasteiger charge is -2.04. The van der Waals surface area contributed by atoms with Crippen LogP contribution in [0.4, 0.5) is 0 Å². The molecule has 0 N–H and O–H groups in total. The maximum atomic E-state index is 11.8. The zero-order valence-electron chi connectivity index (χ0n) is 8.74. The van der Waals surface area contributed by atoms with Crippen molar-refractivity contribution in [3.63, 3.8) is 0 Å². The van der Waals surface area contributed by atoms with Gasteiger partial charge in [0.25, 0.3) is 0 Å². The molecule has 0 aliphatic heterocycles. The van der Waals surface area contributed by atoms with Crippen LogP contribution in [-0.4, -0.2) is 9.19 Å². The molecule has 1 atom stereocenters. The molecule has 4 heteroatoms. The van der Waals surface area contributed by atoms with E-state index in [9.17, 15) is 4.21 Å². The number of halogens is 1. The van der Waals surface area contributed by atoms with Gasteiger partial charge >= 0.3 is 0 Å². The first-order valence-corrected chi connectivity index (χ1v) is 6.24. The van der Waals surface area contributed by atoms with Crippen LogP contribution in [0.5, 0.6) is 0 Å². The number of allylic oxidation sites excluding steroid dienone is 1. The Hall–Kier alpha value is -1.19. The van der Waals surface area contributed by atoms with Crippen LogP contribution < -0.4 is 0 Å². The van der Waals surface area contributed by atoms with Crippen molar-refractivity contribution in [3.05, 3.63) is 47.0 Å². The van der Waals surface area contributed by atoms with Gasteiger partial charge in [-0.1, -0.05) is 18.2 Å². The Balaban J connectivity index is 2.64. The maximum absolute atomic E-state index is 11.8. The highest BCUT2D eigenvalue weighted by atomic mass is 35.5. The molecule has 0 radical (unpaired) electrons. The molecule has 2 rings (SSSR count). The van der Waals surface area contributed by atoms with Crippen LogP contribution in [0.3, 0.4) is 0 Å². The summed E-state index contributed by atoms with van der Waals surface area (Å²) >= 11 is 6.05. The Bertz CT molecular complexity index is 595. The summed E-state index contributed by atoms with van der Waals surface area (Å²) in [6, 6.07) is 7.13. The second-order valence-corrected chi connectivity index (χ2v) is 5.56. The van der Waals surface area contributed by atoms with Crippen molar-refractivity contribution in [1.82, 2.24) is 4.98 Å². The van der Waals surface area contributed by atoms with E-state index in [1.54, 1.807) is 31.3 Å². The SMILES string of the molecule is C=C(C)S(=O)c1ccc2nccc(Cl)c2c1. The van der Waals surface area contributed by atoms with Gasteiger partial charge in [0.05, 0.1) is 21.3 Å². The predicted octanol–water partition coefficient (Wildman–Crippen LogP) is 3.53. The number of nitrogens with zero attached hydrogens (tertiary/aromatic N) is 1. The Kier molecular flexibility index (Phi) is 3.08. The van der Waals surface area contributed by atoms with Gasteiger partial charge in [0.1, 0.15) is 0 Å². The molecule has 1 unspecified atom stereocenters. The van der Waals surface area contributed by atoms with Gasteiger partial charge in [-0.05, 0) is 31.2 Å². The largest absolute Gasteiger partial charge is 0.256 e. The Morgan fingerprint density at radius 1 is 1.44 bits per heavy atom. The van der Waals surface area contributed by atoms with Gasteiger partial charge in [-0.2, -0.15) is 0 Å². The van der Waals surface area contributed by atoms with Crippen LogP contribution in [-0.2, 0) is 10.8 Å². The monoisotopic (exact) mass is 251 g/mol. The molecule has 0 saturated carbocycles. The topological polar surface area (TPSA) is 30.0 Å². The van der Waals surface area contributed by atoms with Crippen LogP contribution in [0.25, 0.3) is 10.9 Å². The molecule has 0 fully saturated rings. The maximum Gasteiger partial charge on any atom is 0.0799 e. The highest BCUT2D eigenvalue weighted by molar-refractivity contribution is 7.89. The summed E-state index contributed by atoms with van der Waals surface area (Å²) in [4.78, 5) is 5.51. The van der Waals surface area contributed by atoms with E-state index in [-0.39, 0.29) is 0 Å². The van der Waals surface area contributed by atoms with E-state index in [4.69, 9.17) is 11.6 Å². The minimum atomic E-state index is -1.18. The predicted molar refractivity (Wildman–Crippen MR) is 68.0 cm³/mol. The summed E-state index contributed by atoms with van der Waals surface area (Å²) in [5.74, 6) is 0. The molecule has 0 aliphatic carbocycles. The lowest BCUT2D eigenvalue weighted by Crippen LogP contribution is -1.92. The Labute approximate surface area is 101 Å². The first kappa shape index (κ1) is 11.3. The van der Waals surface area contributed by atoms with Crippen molar-refractivity contribution >= 4 is 33.3 Å². The first-order chi connectivity index (χ1) is 7.59. The van der Waals surface area contributed by atoms with Crippen LogP contribution in [0.1, 0.15) is 6.92 Å². The Morgan fingerprint density at radius 2 is 2.19 bits per heavy atom. The molecular formula is C12H10ClNOS. The quantitative estimate of drug-likeness (QED) is 0.817. The molecule has 0 spiro atoms. The van der Waals surface area contributed by atoms with Gasteiger partial charge in [0.15, 0.2) is 0 Å². The molecule has 82 valence electrons. The van der Waals surface area contributed by atoms with Crippen LogP contribution in [0, 0.1) is 0 Å². The molecule has 2 nitrogen and oxygen atoms in total. The summed E-state index contributed by atoms with van der Waals surface area (Å²) in [5.41, 5.74) is 0.801. The summed E-state index contributed by atoms with van der Waals surface area (Å²) < 4.78 is 11.8. The van der Waals surface area contributed by atoms with E-state index >= 15 is 0 Å². The van der Waals surface area contributed by atoms with E-state index in [2.05, 4.69) is 11.6 Å². The van der Waals surface area contributed by atoms with Crippen molar-refractivity contribution in [2.45, 2.75) is 11.8 Å². The normalized spacial score (nSPS) is 12.6. The van der Waals surface area contributed by atoms with E-state index in [1.807, 2.05) is 6.07 Å². The molecule has 0 bridgehead atoms. The summed E-state index contributed by atoms with van der Waals surface area (Å²) in [7, 11) is -1.18. The number of pyridine rings is 1. The van der Waals surface area contributed by atoms with E-state index < -0.39 is 10.8 Å². The van der Waals surface area contributed by atoms with Gasteiger partial charge in [-0.25, -0.2) is 4.21 Å². The number of hydrogen-bond acceptors (Lipinski definition) is 2. The van der Waals surface area contributed by atoms with Gasteiger partial charge in [-0.3, -0.25) is 4.98 Å². The average Bonchev–Trinajstić information content (AvgIpc) is 2.28. The van der Waals surface area contributed by atoms with Crippen molar-refractivity contribution in [2.24, 2.45) is 0 Å².